The van der Waals surface area contributed by atoms with E-state index in [9.17, 15) is 0 Å². The Morgan fingerprint density at radius 2 is 1.57 bits per heavy atom. The number of nitrogens with zero attached hydrogens (tertiary/aromatic N) is 2. The van der Waals surface area contributed by atoms with Crippen LogP contribution in [0.15, 0.2) is 35.1 Å². The molecule has 1 fully saturated rings. The van der Waals surface area contributed by atoms with Gasteiger partial charge in [0.25, 0.3) is 7.66 Å². The van der Waals surface area contributed by atoms with Gasteiger partial charge in [-0.15, -0.1) is 0 Å². The van der Waals surface area contributed by atoms with Crippen LogP contribution in [0.2, 0.25) is 0 Å². The summed E-state index contributed by atoms with van der Waals surface area (Å²) in [6, 6.07) is 10.1. The first-order valence-electron chi connectivity index (χ1n) is 8.02. The van der Waals surface area contributed by atoms with Crippen LogP contribution in [0.3, 0.4) is 0 Å². The highest BCUT2D eigenvalue weighted by Crippen LogP contribution is 2.60. The fraction of sp³-hybridized carbons (Fsp3) is 0.625. The predicted molar refractivity (Wildman–Crippen MR) is 88.7 cm³/mol. The van der Waals surface area contributed by atoms with Crippen molar-refractivity contribution in [3.05, 3.63) is 30.3 Å². The second-order valence-corrected chi connectivity index (χ2v) is 7.52. The molecule has 0 aromatic heterocycles. The molecule has 4 nitrogen and oxygen atoms in total. The zero-order valence-electron chi connectivity index (χ0n) is 13.2. The number of unbranched alkanes of at least 4 members (excludes halogenated alkanes) is 2. The van der Waals surface area contributed by atoms with Gasteiger partial charge >= 0.3 is 0 Å². The van der Waals surface area contributed by atoms with Crippen molar-refractivity contribution >= 4 is 13.3 Å². The van der Waals surface area contributed by atoms with Crippen molar-refractivity contribution < 1.29 is 9.05 Å². The summed E-state index contributed by atoms with van der Waals surface area (Å²) in [4.78, 5) is 0. The third kappa shape index (κ3) is 4.65. The van der Waals surface area contributed by atoms with Gasteiger partial charge in [-0.2, -0.15) is 0 Å². The maximum Gasteiger partial charge on any atom is 0.295 e. The van der Waals surface area contributed by atoms with Crippen molar-refractivity contribution in [2.75, 3.05) is 26.3 Å². The van der Waals surface area contributed by atoms with Gasteiger partial charge in [0.15, 0.2) is 0 Å². The molecule has 0 saturated carbocycles. The van der Waals surface area contributed by atoms with E-state index in [0.717, 1.165) is 31.6 Å². The minimum absolute atomic E-state index is 0.652. The summed E-state index contributed by atoms with van der Waals surface area (Å²) >= 11 is 0. The van der Waals surface area contributed by atoms with Crippen molar-refractivity contribution in [1.29, 1.82) is 0 Å². The highest BCUT2D eigenvalue weighted by molar-refractivity contribution is 7.54. The molecule has 118 valence electrons. The fourth-order valence-corrected chi connectivity index (χ4v) is 4.80. The zero-order chi connectivity index (χ0) is 15.0. The Kier molecular flexibility index (Phi) is 6.91. The molecule has 1 aromatic rings. The van der Waals surface area contributed by atoms with E-state index in [1.165, 1.54) is 12.8 Å². The Morgan fingerprint density at radius 3 is 2.10 bits per heavy atom. The lowest BCUT2D eigenvalue weighted by Gasteiger charge is -2.30. The van der Waals surface area contributed by atoms with Gasteiger partial charge in [0.05, 0.1) is 18.9 Å². The molecular formula is C16H27N2O2P. The van der Waals surface area contributed by atoms with E-state index in [2.05, 4.69) is 18.5 Å². The van der Waals surface area contributed by atoms with E-state index >= 15 is 0 Å². The molecule has 1 aliphatic rings. The van der Waals surface area contributed by atoms with Crippen LogP contribution in [0.5, 0.6) is 0 Å². The molecule has 0 amide bonds. The highest BCUT2D eigenvalue weighted by atomic mass is 31.2. The average Bonchev–Trinajstić information content (AvgIpc) is 2.98. The Bertz CT molecular complexity index is 447. The summed E-state index contributed by atoms with van der Waals surface area (Å²) in [5, 5.41) is 0. The molecule has 5 heteroatoms. The van der Waals surface area contributed by atoms with E-state index in [1.807, 2.05) is 30.3 Å². The van der Waals surface area contributed by atoms with E-state index in [0.29, 0.717) is 13.2 Å². The largest absolute Gasteiger partial charge is 0.309 e. The molecule has 0 spiro atoms. The molecule has 1 heterocycles. The standard InChI is InChI=1S/C16H27N2O2P/c1-3-5-12-18(13-6-4-2)21(19-14-15-20-21)17-16-10-8-7-9-11-16/h7-11H,3-6,12-15H2,1-2H3. The fourth-order valence-electron chi connectivity index (χ4n) is 2.32. The molecule has 0 radical (unpaired) electrons. The first-order chi connectivity index (χ1) is 10.3. The third-order valence-electron chi connectivity index (χ3n) is 3.50. The number of rotatable bonds is 8. The monoisotopic (exact) mass is 310 g/mol. The van der Waals surface area contributed by atoms with Gasteiger partial charge in [-0.3, -0.25) is 0 Å². The lowest BCUT2D eigenvalue weighted by atomic mass is 10.3. The minimum atomic E-state index is -2.28. The van der Waals surface area contributed by atoms with Gasteiger partial charge in [-0.05, 0) is 25.0 Å². The lowest BCUT2D eigenvalue weighted by Crippen LogP contribution is -2.23. The quantitative estimate of drug-likeness (QED) is 0.618. The molecule has 21 heavy (non-hydrogen) atoms. The number of benzene rings is 1. The summed E-state index contributed by atoms with van der Waals surface area (Å²) in [6.07, 6.45) is 4.66. The molecule has 0 atom stereocenters. The molecule has 2 rings (SSSR count). The second-order valence-electron chi connectivity index (χ2n) is 5.25. The maximum atomic E-state index is 6.05. The topological polar surface area (TPSA) is 34.1 Å². The van der Waals surface area contributed by atoms with Crippen LogP contribution in [-0.2, 0) is 9.05 Å². The Morgan fingerprint density at radius 1 is 1.00 bits per heavy atom. The first-order valence-corrected chi connectivity index (χ1v) is 9.55. The molecule has 0 aliphatic carbocycles. The molecule has 1 aliphatic heterocycles. The van der Waals surface area contributed by atoms with Gasteiger partial charge in [0, 0.05) is 13.1 Å². The molecule has 1 saturated heterocycles. The summed E-state index contributed by atoms with van der Waals surface area (Å²) in [5.41, 5.74) is 0.950. The highest BCUT2D eigenvalue weighted by Gasteiger charge is 2.34. The SMILES string of the molecule is CCCCN(CCCC)P1(=Nc2ccccc2)OCCO1. The molecule has 1 aromatic carbocycles. The van der Waals surface area contributed by atoms with Gasteiger partial charge < -0.3 is 9.05 Å². The van der Waals surface area contributed by atoms with E-state index in [1.54, 1.807) is 0 Å². The van der Waals surface area contributed by atoms with Crippen molar-refractivity contribution in [3.8, 4) is 0 Å². The number of hydrogen-bond donors (Lipinski definition) is 0. The van der Waals surface area contributed by atoms with Crippen LogP contribution in [-0.4, -0.2) is 31.0 Å². The van der Waals surface area contributed by atoms with Crippen LogP contribution in [0.25, 0.3) is 0 Å². The van der Waals surface area contributed by atoms with Crippen LogP contribution in [0.1, 0.15) is 39.5 Å². The molecule has 0 bridgehead atoms. The van der Waals surface area contributed by atoms with Crippen molar-refractivity contribution in [3.63, 3.8) is 0 Å². The van der Waals surface area contributed by atoms with E-state index in [-0.39, 0.29) is 0 Å². The predicted octanol–water partition coefficient (Wildman–Crippen LogP) is 5.21. The maximum absolute atomic E-state index is 6.05. The van der Waals surface area contributed by atoms with Gasteiger partial charge in [0.2, 0.25) is 0 Å². The van der Waals surface area contributed by atoms with Crippen molar-refractivity contribution in [2.45, 2.75) is 39.5 Å². The summed E-state index contributed by atoms with van der Waals surface area (Å²) in [5.74, 6) is 0. The van der Waals surface area contributed by atoms with Crippen LogP contribution >= 0.6 is 7.66 Å². The van der Waals surface area contributed by atoms with Crippen LogP contribution in [0, 0.1) is 0 Å². The van der Waals surface area contributed by atoms with E-state index in [4.69, 9.17) is 13.8 Å². The van der Waals surface area contributed by atoms with Gasteiger partial charge in [-0.25, -0.2) is 9.42 Å². The summed E-state index contributed by atoms with van der Waals surface area (Å²) in [7, 11) is -2.28. The lowest BCUT2D eigenvalue weighted by molar-refractivity contribution is 0.306. The Balaban J connectivity index is 2.26. The average molecular weight is 310 g/mol. The van der Waals surface area contributed by atoms with E-state index < -0.39 is 7.66 Å². The van der Waals surface area contributed by atoms with Gasteiger partial charge in [-0.1, -0.05) is 44.9 Å². The third-order valence-corrected chi connectivity index (χ3v) is 6.13. The van der Waals surface area contributed by atoms with Crippen LogP contribution in [0.4, 0.5) is 5.69 Å². The van der Waals surface area contributed by atoms with Crippen LogP contribution < -0.4 is 0 Å². The smallest absolute Gasteiger partial charge is 0.295 e. The normalized spacial score (nSPS) is 17.3. The molecule has 0 unspecified atom stereocenters. The molecule has 0 N–H and O–H groups in total. The zero-order valence-corrected chi connectivity index (χ0v) is 14.1. The molecular weight excluding hydrogens is 283 g/mol. The number of hydrogen-bond acceptors (Lipinski definition) is 3. The van der Waals surface area contributed by atoms with Gasteiger partial charge in [0.1, 0.15) is 0 Å². The first kappa shape index (κ1) is 16.7. The van der Waals surface area contributed by atoms with Crippen molar-refractivity contribution in [2.24, 2.45) is 4.74 Å². The second kappa shape index (κ2) is 8.70. The van der Waals surface area contributed by atoms with Crippen molar-refractivity contribution in [1.82, 2.24) is 4.67 Å². The minimum Gasteiger partial charge on any atom is -0.309 e. The summed E-state index contributed by atoms with van der Waals surface area (Å²) < 4.78 is 19.3. The Labute approximate surface area is 128 Å². The Hall–Kier alpha value is -0.670. The summed E-state index contributed by atoms with van der Waals surface area (Å²) in [6.45, 7) is 7.74.